The molecule has 1 unspecified atom stereocenters. The molecule has 0 spiro atoms. The first kappa shape index (κ1) is 12.9. The summed E-state index contributed by atoms with van der Waals surface area (Å²) in [6.07, 6.45) is -0.201. The first-order chi connectivity index (χ1) is 7.45. The molecule has 0 aliphatic rings. The van der Waals surface area contributed by atoms with Crippen LogP contribution in [0.25, 0.3) is 0 Å². The van der Waals surface area contributed by atoms with Gasteiger partial charge in [-0.15, -0.1) is 0 Å². The minimum absolute atomic E-state index is 0.0724. The standard InChI is InChI=1S/C11H13ClFNO2/c1-6-2-8(12)4-9(11(6)13)7(5-14)3-10(15)16/h2,4,7H,3,5,14H2,1H3,(H,15,16). The Morgan fingerprint density at radius 3 is 2.75 bits per heavy atom. The second-order valence-corrected chi connectivity index (χ2v) is 4.09. The quantitative estimate of drug-likeness (QED) is 0.856. The van der Waals surface area contributed by atoms with Crippen LogP contribution in [0.5, 0.6) is 0 Å². The summed E-state index contributed by atoms with van der Waals surface area (Å²) in [6, 6.07) is 2.93. The number of hydrogen-bond donors (Lipinski definition) is 2. The summed E-state index contributed by atoms with van der Waals surface area (Å²) in [5, 5.41) is 9.08. The lowest BCUT2D eigenvalue weighted by Gasteiger charge is -2.15. The van der Waals surface area contributed by atoms with Crippen LogP contribution in [0.2, 0.25) is 5.02 Å². The van der Waals surface area contributed by atoms with Crippen molar-refractivity contribution in [2.45, 2.75) is 19.3 Å². The molecule has 0 heterocycles. The zero-order valence-electron chi connectivity index (χ0n) is 8.84. The number of nitrogens with two attached hydrogens (primary N) is 1. The van der Waals surface area contributed by atoms with Crippen LogP contribution in [0.15, 0.2) is 12.1 Å². The lowest BCUT2D eigenvalue weighted by Crippen LogP contribution is -2.18. The molecule has 0 aliphatic carbocycles. The second-order valence-electron chi connectivity index (χ2n) is 3.66. The van der Waals surface area contributed by atoms with Crippen LogP contribution in [0.3, 0.4) is 0 Å². The molecule has 0 aliphatic heterocycles. The van der Waals surface area contributed by atoms with Gasteiger partial charge in [0.25, 0.3) is 0 Å². The number of hydrogen-bond acceptors (Lipinski definition) is 2. The third kappa shape index (κ3) is 2.93. The largest absolute Gasteiger partial charge is 0.481 e. The first-order valence-electron chi connectivity index (χ1n) is 4.83. The highest BCUT2D eigenvalue weighted by Gasteiger charge is 2.19. The molecule has 0 aromatic heterocycles. The minimum Gasteiger partial charge on any atom is -0.481 e. The summed E-state index contributed by atoms with van der Waals surface area (Å²) < 4.78 is 13.8. The molecule has 5 heteroatoms. The molecule has 0 saturated carbocycles. The monoisotopic (exact) mass is 245 g/mol. The van der Waals surface area contributed by atoms with Crippen molar-refractivity contribution in [2.75, 3.05) is 6.54 Å². The topological polar surface area (TPSA) is 63.3 Å². The molecular formula is C11H13ClFNO2. The SMILES string of the molecule is Cc1cc(Cl)cc(C(CN)CC(=O)O)c1F. The van der Waals surface area contributed by atoms with Crippen LogP contribution in [-0.2, 0) is 4.79 Å². The van der Waals surface area contributed by atoms with E-state index in [1.807, 2.05) is 0 Å². The van der Waals surface area contributed by atoms with Crippen molar-refractivity contribution in [3.8, 4) is 0 Å². The molecule has 16 heavy (non-hydrogen) atoms. The number of carboxylic acids is 1. The molecule has 0 amide bonds. The molecule has 1 rings (SSSR count). The Labute approximate surface area is 98.0 Å². The van der Waals surface area contributed by atoms with Crippen molar-refractivity contribution in [3.05, 3.63) is 34.1 Å². The molecular weight excluding hydrogens is 233 g/mol. The molecule has 1 atom stereocenters. The average Bonchev–Trinajstić information content (AvgIpc) is 2.20. The third-order valence-corrected chi connectivity index (χ3v) is 2.61. The van der Waals surface area contributed by atoms with Gasteiger partial charge in [-0.3, -0.25) is 4.79 Å². The van der Waals surface area contributed by atoms with Gasteiger partial charge in [-0.2, -0.15) is 0 Å². The molecule has 3 nitrogen and oxygen atoms in total. The summed E-state index contributed by atoms with van der Waals surface area (Å²) in [7, 11) is 0. The Morgan fingerprint density at radius 1 is 1.62 bits per heavy atom. The molecule has 1 aromatic rings. The fourth-order valence-corrected chi connectivity index (χ4v) is 1.86. The zero-order valence-corrected chi connectivity index (χ0v) is 9.59. The van der Waals surface area contributed by atoms with E-state index in [-0.39, 0.29) is 18.5 Å². The van der Waals surface area contributed by atoms with Gasteiger partial charge in [0.2, 0.25) is 0 Å². The van der Waals surface area contributed by atoms with Crippen molar-refractivity contribution in [1.82, 2.24) is 0 Å². The van der Waals surface area contributed by atoms with Crippen LogP contribution >= 0.6 is 11.6 Å². The van der Waals surface area contributed by atoms with Crippen molar-refractivity contribution < 1.29 is 14.3 Å². The van der Waals surface area contributed by atoms with E-state index in [1.54, 1.807) is 6.92 Å². The van der Waals surface area contributed by atoms with Gasteiger partial charge >= 0.3 is 5.97 Å². The van der Waals surface area contributed by atoms with Crippen molar-refractivity contribution in [3.63, 3.8) is 0 Å². The number of carboxylic acid groups (broad SMARTS) is 1. The van der Waals surface area contributed by atoms with E-state index in [1.165, 1.54) is 12.1 Å². The highest BCUT2D eigenvalue weighted by atomic mass is 35.5. The summed E-state index contributed by atoms with van der Waals surface area (Å²) in [5.41, 5.74) is 6.12. The fourth-order valence-electron chi connectivity index (χ4n) is 1.58. The molecule has 0 bridgehead atoms. The van der Waals surface area contributed by atoms with Gasteiger partial charge in [-0.05, 0) is 36.7 Å². The molecule has 88 valence electrons. The third-order valence-electron chi connectivity index (χ3n) is 2.39. The van der Waals surface area contributed by atoms with Gasteiger partial charge in [-0.25, -0.2) is 4.39 Å². The van der Waals surface area contributed by atoms with Gasteiger partial charge in [0, 0.05) is 10.9 Å². The Bertz CT molecular complexity index is 409. The molecule has 1 aromatic carbocycles. The maximum atomic E-state index is 13.8. The Kier molecular flexibility index (Phi) is 4.26. The van der Waals surface area contributed by atoms with E-state index in [0.29, 0.717) is 10.6 Å². The van der Waals surface area contributed by atoms with E-state index < -0.39 is 17.7 Å². The molecule has 0 saturated heterocycles. The molecule has 0 fully saturated rings. The average molecular weight is 246 g/mol. The maximum Gasteiger partial charge on any atom is 0.304 e. The van der Waals surface area contributed by atoms with Crippen molar-refractivity contribution >= 4 is 17.6 Å². The molecule has 0 radical (unpaired) electrons. The Morgan fingerprint density at radius 2 is 2.25 bits per heavy atom. The molecule has 3 N–H and O–H groups in total. The normalized spacial score (nSPS) is 12.5. The number of carbonyl (C=O) groups is 1. The number of aryl methyl sites for hydroxylation is 1. The summed E-state index contributed by atoms with van der Waals surface area (Å²) in [6.45, 7) is 1.65. The van der Waals surface area contributed by atoms with E-state index in [2.05, 4.69) is 0 Å². The number of rotatable bonds is 4. The van der Waals surface area contributed by atoms with Crippen LogP contribution in [0, 0.1) is 12.7 Å². The lowest BCUT2D eigenvalue weighted by atomic mass is 9.94. The van der Waals surface area contributed by atoms with Crippen LogP contribution < -0.4 is 5.73 Å². The van der Waals surface area contributed by atoms with Crippen molar-refractivity contribution in [1.29, 1.82) is 0 Å². The van der Waals surface area contributed by atoms with Gasteiger partial charge < -0.3 is 10.8 Å². The Hall–Kier alpha value is -1.13. The van der Waals surface area contributed by atoms with E-state index >= 15 is 0 Å². The summed E-state index contributed by atoms with van der Waals surface area (Å²) in [4.78, 5) is 10.6. The van der Waals surface area contributed by atoms with E-state index in [9.17, 15) is 9.18 Å². The van der Waals surface area contributed by atoms with Gasteiger partial charge in [-0.1, -0.05) is 11.6 Å². The van der Waals surface area contributed by atoms with Gasteiger partial charge in [0.05, 0.1) is 6.42 Å². The van der Waals surface area contributed by atoms with Gasteiger partial charge in [0.15, 0.2) is 0 Å². The fraction of sp³-hybridized carbons (Fsp3) is 0.364. The zero-order chi connectivity index (χ0) is 12.3. The number of aliphatic carboxylic acids is 1. The number of benzene rings is 1. The highest BCUT2D eigenvalue weighted by Crippen LogP contribution is 2.27. The predicted octanol–water partition coefficient (Wildman–Crippen LogP) is 2.30. The van der Waals surface area contributed by atoms with Crippen LogP contribution in [-0.4, -0.2) is 17.6 Å². The van der Waals surface area contributed by atoms with E-state index in [0.717, 1.165) is 0 Å². The number of halogens is 2. The smallest absolute Gasteiger partial charge is 0.304 e. The van der Waals surface area contributed by atoms with Crippen LogP contribution in [0.4, 0.5) is 4.39 Å². The van der Waals surface area contributed by atoms with Crippen LogP contribution in [0.1, 0.15) is 23.5 Å². The summed E-state index contributed by atoms with van der Waals surface area (Å²) >= 11 is 5.80. The summed E-state index contributed by atoms with van der Waals surface area (Å²) in [5.74, 6) is -1.98. The first-order valence-corrected chi connectivity index (χ1v) is 5.21. The maximum absolute atomic E-state index is 13.8. The van der Waals surface area contributed by atoms with Crippen molar-refractivity contribution in [2.24, 2.45) is 5.73 Å². The Balaban J connectivity index is 3.13. The highest BCUT2D eigenvalue weighted by molar-refractivity contribution is 6.30. The second kappa shape index (κ2) is 5.27. The lowest BCUT2D eigenvalue weighted by molar-refractivity contribution is -0.137. The van der Waals surface area contributed by atoms with Gasteiger partial charge in [0.1, 0.15) is 5.82 Å². The van der Waals surface area contributed by atoms with E-state index in [4.69, 9.17) is 22.4 Å². The minimum atomic E-state index is -1.01. The predicted molar refractivity (Wildman–Crippen MR) is 60.2 cm³/mol.